The van der Waals surface area contributed by atoms with E-state index in [0.29, 0.717) is 5.92 Å². The Morgan fingerprint density at radius 3 is 2.38 bits per heavy atom. The SMILES string of the molecule is CC(C)COCC1(N)CCCCC1. The fraction of sp³-hybridized carbons (Fsp3) is 1.00. The first kappa shape index (κ1) is 11.0. The molecule has 0 unspecified atom stereocenters. The number of hydrogen-bond acceptors (Lipinski definition) is 2. The van der Waals surface area contributed by atoms with E-state index in [2.05, 4.69) is 13.8 Å². The van der Waals surface area contributed by atoms with Crippen molar-refractivity contribution in [2.24, 2.45) is 11.7 Å². The van der Waals surface area contributed by atoms with Crippen molar-refractivity contribution in [2.75, 3.05) is 13.2 Å². The third-order valence-electron chi connectivity index (χ3n) is 2.69. The molecular weight excluding hydrogens is 162 g/mol. The molecule has 0 saturated heterocycles. The lowest BCUT2D eigenvalue weighted by atomic mass is 9.83. The van der Waals surface area contributed by atoms with Gasteiger partial charge in [-0.15, -0.1) is 0 Å². The number of nitrogens with two attached hydrogens (primary N) is 1. The summed E-state index contributed by atoms with van der Waals surface area (Å²) in [6.45, 7) is 5.94. The molecule has 2 nitrogen and oxygen atoms in total. The van der Waals surface area contributed by atoms with Crippen LogP contribution >= 0.6 is 0 Å². The van der Waals surface area contributed by atoms with Crippen molar-refractivity contribution >= 4 is 0 Å². The van der Waals surface area contributed by atoms with E-state index < -0.39 is 0 Å². The molecule has 0 aromatic heterocycles. The quantitative estimate of drug-likeness (QED) is 0.729. The van der Waals surface area contributed by atoms with Crippen LogP contribution in [0.2, 0.25) is 0 Å². The second-order valence-corrected chi connectivity index (χ2v) is 4.83. The summed E-state index contributed by atoms with van der Waals surface area (Å²) in [4.78, 5) is 0. The van der Waals surface area contributed by atoms with E-state index in [1.807, 2.05) is 0 Å². The largest absolute Gasteiger partial charge is 0.379 e. The van der Waals surface area contributed by atoms with E-state index in [0.717, 1.165) is 26.1 Å². The van der Waals surface area contributed by atoms with Gasteiger partial charge in [-0.1, -0.05) is 33.1 Å². The highest BCUT2D eigenvalue weighted by molar-refractivity contribution is 4.86. The molecule has 1 aliphatic rings. The molecule has 0 spiro atoms. The molecule has 1 rings (SSSR count). The normalized spacial score (nSPS) is 22.2. The maximum absolute atomic E-state index is 6.22. The van der Waals surface area contributed by atoms with Gasteiger partial charge in [-0.05, 0) is 18.8 Å². The first-order valence-corrected chi connectivity index (χ1v) is 5.49. The second-order valence-electron chi connectivity index (χ2n) is 4.83. The summed E-state index contributed by atoms with van der Waals surface area (Å²) in [5.74, 6) is 0.618. The van der Waals surface area contributed by atoms with Crippen molar-refractivity contribution in [2.45, 2.75) is 51.5 Å². The van der Waals surface area contributed by atoms with Crippen molar-refractivity contribution < 1.29 is 4.74 Å². The van der Waals surface area contributed by atoms with Crippen LogP contribution in [-0.2, 0) is 4.74 Å². The molecule has 1 saturated carbocycles. The van der Waals surface area contributed by atoms with Gasteiger partial charge in [0, 0.05) is 12.1 Å². The van der Waals surface area contributed by atoms with Gasteiger partial charge in [-0.3, -0.25) is 0 Å². The molecule has 0 aromatic carbocycles. The minimum absolute atomic E-state index is 0.00681. The van der Waals surface area contributed by atoms with Crippen LogP contribution in [0.5, 0.6) is 0 Å². The summed E-state index contributed by atoms with van der Waals surface area (Å²) in [5, 5.41) is 0. The van der Waals surface area contributed by atoms with Gasteiger partial charge in [0.05, 0.1) is 6.61 Å². The van der Waals surface area contributed by atoms with Crippen molar-refractivity contribution in [1.29, 1.82) is 0 Å². The summed E-state index contributed by atoms with van der Waals surface area (Å²) in [5.41, 5.74) is 6.21. The Balaban J connectivity index is 2.17. The standard InChI is InChI=1S/C11H23NO/c1-10(2)8-13-9-11(12)6-4-3-5-7-11/h10H,3-9,12H2,1-2H3. The highest BCUT2D eigenvalue weighted by Gasteiger charge is 2.27. The smallest absolute Gasteiger partial charge is 0.0646 e. The molecule has 78 valence electrons. The number of rotatable bonds is 4. The molecule has 0 radical (unpaired) electrons. The van der Waals surface area contributed by atoms with Crippen molar-refractivity contribution in [3.8, 4) is 0 Å². The van der Waals surface area contributed by atoms with Crippen LogP contribution < -0.4 is 5.73 Å². The van der Waals surface area contributed by atoms with Gasteiger partial charge < -0.3 is 10.5 Å². The minimum Gasteiger partial charge on any atom is -0.379 e. The lowest BCUT2D eigenvalue weighted by Gasteiger charge is -2.33. The van der Waals surface area contributed by atoms with E-state index in [1.165, 1.54) is 19.3 Å². The van der Waals surface area contributed by atoms with Crippen LogP contribution in [0.25, 0.3) is 0 Å². The predicted molar refractivity (Wildman–Crippen MR) is 55.7 cm³/mol. The minimum atomic E-state index is -0.00681. The van der Waals surface area contributed by atoms with Gasteiger partial charge in [0.1, 0.15) is 0 Å². The fourth-order valence-corrected chi connectivity index (χ4v) is 1.90. The molecule has 0 aromatic rings. The molecule has 13 heavy (non-hydrogen) atoms. The van der Waals surface area contributed by atoms with Crippen LogP contribution in [-0.4, -0.2) is 18.8 Å². The van der Waals surface area contributed by atoms with Crippen LogP contribution in [0.1, 0.15) is 46.0 Å². The average molecular weight is 185 g/mol. The Hall–Kier alpha value is -0.0800. The molecule has 2 N–H and O–H groups in total. The summed E-state index contributed by atoms with van der Waals surface area (Å²) < 4.78 is 5.61. The highest BCUT2D eigenvalue weighted by Crippen LogP contribution is 2.26. The maximum atomic E-state index is 6.22. The first-order chi connectivity index (χ1) is 6.12. The van der Waals surface area contributed by atoms with Crippen LogP contribution in [0.3, 0.4) is 0 Å². The zero-order valence-corrected chi connectivity index (χ0v) is 9.01. The Morgan fingerprint density at radius 2 is 1.85 bits per heavy atom. The van der Waals surface area contributed by atoms with Crippen molar-refractivity contribution in [3.63, 3.8) is 0 Å². The van der Waals surface area contributed by atoms with Gasteiger partial charge in [0.25, 0.3) is 0 Å². The molecule has 2 heteroatoms. The van der Waals surface area contributed by atoms with E-state index in [9.17, 15) is 0 Å². The Labute approximate surface area is 81.8 Å². The second kappa shape index (κ2) is 4.97. The maximum Gasteiger partial charge on any atom is 0.0646 e. The molecular formula is C11H23NO. The monoisotopic (exact) mass is 185 g/mol. The molecule has 1 fully saturated rings. The molecule has 0 amide bonds. The van der Waals surface area contributed by atoms with Gasteiger partial charge in [0.15, 0.2) is 0 Å². The van der Waals surface area contributed by atoms with Gasteiger partial charge in [0.2, 0.25) is 0 Å². The molecule has 1 aliphatic carbocycles. The van der Waals surface area contributed by atoms with Crippen LogP contribution in [0, 0.1) is 5.92 Å². The van der Waals surface area contributed by atoms with Gasteiger partial charge in [-0.25, -0.2) is 0 Å². The molecule has 0 bridgehead atoms. The molecule has 0 aliphatic heterocycles. The van der Waals surface area contributed by atoms with E-state index in [1.54, 1.807) is 0 Å². The molecule has 0 atom stereocenters. The summed E-state index contributed by atoms with van der Waals surface area (Å²) in [6, 6.07) is 0. The van der Waals surface area contributed by atoms with Crippen molar-refractivity contribution in [1.82, 2.24) is 0 Å². The summed E-state index contributed by atoms with van der Waals surface area (Å²) in [7, 11) is 0. The zero-order valence-electron chi connectivity index (χ0n) is 9.01. The Kier molecular flexibility index (Phi) is 4.20. The number of ether oxygens (including phenoxy) is 1. The highest BCUT2D eigenvalue weighted by atomic mass is 16.5. The van der Waals surface area contributed by atoms with Gasteiger partial charge in [-0.2, -0.15) is 0 Å². The van der Waals surface area contributed by atoms with Crippen LogP contribution in [0.15, 0.2) is 0 Å². The first-order valence-electron chi connectivity index (χ1n) is 5.49. The van der Waals surface area contributed by atoms with E-state index in [4.69, 9.17) is 10.5 Å². The topological polar surface area (TPSA) is 35.2 Å². The van der Waals surface area contributed by atoms with E-state index >= 15 is 0 Å². The average Bonchev–Trinajstić information content (AvgIpc) is 2.04. The lowest BCUT2D eigenvalue weighted by Crippen LogP contribution is -2.46. The predicted octanol–water partition coefficient (Wildman–Crippen LogP) is 2.32. The third-order valence-corrected chi connectivity index (χ3v) is 2.69. The third kappa shape index (κ3) is 4.10. The summed E-state index contributed by atoms with van der Waals surface area (Å²) in [6.07, 6.45) is 6.20. The van der Waals surface area contributed by atoms with Gasteiger partial charge >= 0.3 is 0 Å². The number of hydrogen-bond donors (Lipinski definition) is 1. The zero-order chi connectivity index (χ0) is 9.73. The van der Waals surface area contributed by atoms with Crippen molar-refractivity contribution in [3.05, 3.63) is 0 Å². The van der Waals surface area contributed by atoms with Crippen LogP contribution in [0.4, 0.5) is 0 Å². The molecule has 0 heterocycles. The summed E-state index contributed by atoms with van der Waals surface area (Å²) >= 11 is 0. The van der Waals surface area contributed by atoms with E-state index in [-0.39, 0.29) is 5.54 Å². The fourth-order valence-electron chi connectivity index (χ4n) is 1.90. The Bertz CT molecular complexity index is 139. The lowest BCUT2D eigenvalue weighted by molar-refractivity contribution is 0.0527. The Morgan fingerprint density at radius 1 is 1.23 bits per heavy atom.